The van der Waals surface area contributed by atoms with Crippen LogP contribution >= 0.6 is 0 Å². The van der Waals surface area contributed by atoms with Crippen LogP contribution < -0.4 is 10.2 Å². The summed E-state index contributed by atoms with van der Waals surface area (Å²) in [6.07, 6.45) is 1.55. The molecule has 0 saturated carbocycles. The fourth-order valence-corrected chi connectivity index (χ4v) is 2.97. The first-order valence-corrected chi connectivity index (χ1v) is 8.21. The zero-order valence-corrected chi connectivity index (χ0v) is 13.8. The molecule has 2 aliphatic heterocycles. The van der Waals surface area contributed by atoms with Gasteiger partial charge in [-0.2, -0.15) is 0 Å². The van der Waals surface area contributed by atoms with Crippen LogP contribution in [-0.4, -0.2) is 55.4 Å². The number of anilines is 2. The van der Waals surface area contributed by atoms with Gasteiger partial charge in [0.2, 0.25) is 11.9 Å². The highest BCUT2D eigenvalue weighted by atomic mass is 16.5. The van der Waals surface area contributed by atoms with E-state index in [9.17, 15) is 4.79 Å². The van der Waals surface area contributed by atoms with E-state index in [1.165, 1.54) is 0 Å². The van der Waals surface area contributed by atoms with Crippen molar-refractivity contribution in [1.29, 1.82) is 0 Å². The Morgan fingerprint density at radius 3 is 2.22 bits per heavy atom. The minimum atomic E-state index is 0.0152. The average Bonchev–Trinajstić information content (AvgIpc) is 2.59. The maximum absolute atomic E-state index is 12.4. The molecule has 3 heterocycles. The van der Waals surface area contributed by atoms with Gasteiger partial charge in [0, 0.05) is 32.2 Å². The van der Waals surface area contributed by atoms with Crippen molar-refractivity contribution in [3.8, 4) is 0 Å². The quantitative estimate of drug-likeness (QED) is 0.904. The van der Waals surface area contributed by atoms with Crippen LogP contribution in [0.1, 0.15) is 24.2 Å². The molecular formula is C16H24N4O3. The molecule has 0 bridgehead atoms. The Labute approximate surface area is 136 Å². The molecule has 2 aliphatic rings. The molecule has 3 rings (SSSR count). The smallest absolute Gasteiger partial charge is 0.227 e. The van der Waals surface area contributed by atoms with Gasteiger partial charge >= 0.3 is 0 Å². The highest BCUT2D eigenvalue weighted by Gasteiger charge is 2.24. The molecule has 1 amide bonds. The Kier molecular flexibility index (Phi) is 5.07. The Hall–Kier alpha value is -1.73. The maximum Gasteiger partial charge on any atom is 0.227 e. The summed E-state index contributed by atoms with van der Waals surface area (Å²) in [4.78, 5) is 23.7. The molecule has 1 N–H and O–H groups in total. The third-order valence-corrected chi connectivity index (χ3v) is 4.39. The first-order valence-electron chi connectivity index (χ1n) is 8.21. The maximum atomic E-state index is 12.4. The van der Waals surface area contributed by atoms with Crippen LogP contribution in [0.25, 0.3) is 0 Å². The van der Waals surface area contributed by atoms with E-state index < -0.39 is 0 Å². The van der Waals surface area contributed by atoms with Gasteiger partial charge in [-0.1, -0.05) is 0 Å². The minimum Gasteiger partial charge on any atom is -0.381 e. The topological polar surface area (TPSA) is 76.6 Å². The molecule has 0 aromatic carbocycles. The monoisotopic (exact) mass is 320 g/mol. The van der Waals surface area contributed by atoms with Crippen LogP contribution in [0.5, 0.6) is 0 Å². The summed E-state index contributed by atoms with van der Waals surface area (Å²) >= 11 is 0. The summed E-state index contributed by atoms with van der Waals surface area (Å²) < 4.78 is 10.7. The van der Waals surface area contributed by atoms with Gasteiger partial charge in [0.1, 0.15) is 0 Å². The van der Waals surface area contributed by atoms with Crippen LogP contribution in [0.2, 0.25) is 0 Å². The van der Waals surface area contributed by atoms with Crippen molar-refractivity contribution in [2.45, 2.75) is 26.7 Å². The van der Waals surface area contributed by atoms with Crippen molar-refractivity contribution >= 4 is 17.5 Å². The number of hydrogen-bond acceptors (Lipinski definition) is 6. The Bertz CT molecular complexity index is 543. The molecule has 7 heteroatoms. The normalized spacial score (nSPS) is 19.7. The van der Waals surface area contributed by atoms with Gasteiger partial charge < -0.3 is 19.7 Å². The Morgan fingerprint density at radius 2 is 1.61 bits per heavy atom. The van der Waals surface area contributed by atoms with Crippen molar-refractivity contribution in [3.05, 3.63) is 11.4 Å². The van der Waals surface area contributed by atoms with Crippen molar-refractivity contribution in [1.82, 2.24) is 9.97 Å². The number of amides is 1. The van der Waals surface area contributed by atoms with E-state index in [2.05, 4.69) is 20.2 Å². The summed E-state index contributed by atoms with van der Waals surface area (Å²) in [7, 11) is 0. The fraction of sp³-hybridized carbons (Fsp3) is 0.688. The molecule has 23 heavy (non-hydrogen) atoms. The fourth-order valence-electron chi connectivity index (χ4n) is 2.97. The lowest BCUT2D eigenvalue weighted by molar-refractivity contribution is -0.122. The van der Waals surface area contributed by atoms with Crippen molar-refractivity contribution in [2.24, 2.45) is 5.92 Å². The Balaban J connectivity index is 1.73. The van der Waals surface area contributed by atoms with E-state index in [-0.39, 0.29) is 11.8 Å². The van der Waals surface area contributed by atoms with Crippen molar-refractivity contribution in [2.75, 3.05) is 49.7 Å². The first-order chi connectivity index (χ1) is 11.1. The molecule has 2 saturated heterocycles. The van der Waals surface area contributed by atoms with Gasteiger partial charge in [0.05, 0.1) is 30.3 Å². The first kappa shape index (κ1) is 16.1. The number of aromatic nitrogens is 2. The van der Waals surface area contributed by atoms with Gasteiger partial charge in [-0.25, -0.2) is 9.97 Å². The number of aryl methyl sites for hydroxylation is 2. The van der Waals surface area contributed by atoms with Crippen molar-refractivity contribution < 1.29 is 14.3 Å². The number of ether oxygens (including phenoxy) is 2. The minimum absolute atomic E-state index is 0.0152. The van der Waals surface area contributed by atoms with E-state index in [0.29, 0.717) is 32.4 Å². The second kappa shape index (κ2) is 7.23. The van der Waals surface area contributed by atoms with Crippen LogP contribution in [0.15, 0.2) is 0 Å². The number of carbonyl (C=O) groups is 1. The largest absolute Gasteiger partial charge is 0.381 e. The number of hydrogen-bond donors (Lipinski definition) is 1. The van der Waals surface area contributed by atoms with Gasteiger partial charge in [-0.15, -0.1) is 0 Å². The number of nitrogens with one attached hydrogen (secondary N) is 1. The predicted molar refractivity (Wildman–Crippen MR) is 86.7 cm³/mol. The van der Waals surface area contributed by atoms with Crippen LogP contribution in [0.3, 0.4) is 0 Å². The molecule has 126 valence electrons. The van der Waals surface area contributed by atoms with Crippen LogP contribution in [-0.2, 0) is 14.3 Å². The highest BCUT2D eigenvalue weighted by Crippen LogP contribution is 2.23. The van der Waals surface area contributed by atoms with Gasteiger partial charge in [-0.3, -0.25) is 4.79 Å². The van der Waals surface area contributed by atoms with Crippen molar-refractivity contribution in [3.63, 3.8) is 0 Å². The molecule has 1 aromatic rings. The Morgan fingerprint density at radius 1 is 1.04 bits per heavy atom. The van der Waals surface area contributed by atoms with Gasteiger partial charge in [-0.05, 0) is 26.7 Å². The number of carbonyl (C=O) groups excluding carboxylic acids is 1. The summed E-state index contributed by atoms with van der Waals surface area (Å²) in [5, 5.41) is 3.02. The zero-order chi connectivity index (χ0) is 16.2. The summed E-state index contributed by atoms with van der Waals surface area (Å²) in [5.74, 6) is 0.774. The van der Waals surface area contributed by atoms with E-state index in [1.54, 1.807) is 0 Å². The molecule has 0 spiro atoms. The summed E-state index contributed by atoms with van der Waals surface area (Å²) in [5.41, 5.74) is 2.34. The van der Waals surface area contributed by atoms with E-state index >= 15 is 0 Å². The predicted octanol–water partition coefficient (Wildman–Crippen LogP) is 1.30. The lowest BCUT2D eigenvalue weighted by Gasteiger charge is -2.28. The van der Waals surface area contributed by atoms with E-state index in [1.807, 2.05) is 13.8 Å². The van der Waals surface area contributed by atoms with E-state index in [0.717, 1.165) is 43.0 Å². The third kappa shape index (κ3) is 3.79. The lowest BCUT2D eigenvalue weighted by atomic mass is 9.99. The number of morpholine rings is 1. The van der Waals surface area contributed by atoms with Gasteiger partial charge in [0.25, 0.3) is 0 Å². The summed E-state index contributed by atoms with van der Waals surface area (Å²) in [6.45, 7) is 8.13. The zero-order valence-electron chi connectivity index (χ0n) is 13.8. The molecule has 0 unspecified atom stereocenters. The molecule has 7 nitrogen and oxygen atoms in total. The van der Waals surface area contributed by atoms with Gasteiger partial charge in [0.15, 0.2) is 0 Å². The highest BCUT2D eigenvalue weighted by molar-refractivity contribution is 5.93. The summed E-state index contributed by atoms with van der Waals surface area (Å²) in [6, 6.07) is 0. The molecule has 0 atom stereocenters. The molecule has 1 aromatic heterocycles. The van der Waals surface area contributed by atoms with Crippen LogP contribution in [0, 0.1) is 19.8 Å². The second-order valence-corrected chi connectivity index (χ2v) is 6.04. The SMILES string of the molecule is Cc1nc(N2CCOCC2)nc(C)c1NC(=O)C1CCOCC1. The molecule has 0 aliphatic carbocycles. The lowest BCUT2D eigenvalue weighted by Crippen LogP contribution is -2.37. The molecule has 0 radical (unpaired) electrons. The van der Waals surface area contributed by atoms with E-state index in [4.69, 9.17) is 9.47 Å². The standard InChI is InChI=1S/C16H24N4O3/c1-11-14(19-15(21)13-3-7-22-8-4-13)12(2)18-16(17-11)20-5-9-23-10-6-20/h13H,3-10H2,1-2H3,(H,19,21). The molecular weight excluding hydrogens is 296 g/mol. The number of rotatable bonds is 3. The van der Waals surface area contributed by atoms with Crippen LogP contribution in [0.4, 0.5) is 11.6 Å². The molecule has 2 fully saturated rings. The third-order valence-electron chi connectivity index (χ3n) is 4.39. The number of nitrogens with zero attached hydrogens (tertiary/aromatic N) is 3. The second-order valence-electron chi connectivity index (χ2n) is 6.04. The average molecular weight is 320 g/mol.